The Bertz CT molecular complexity index is 534. The Morgan fingerprint density at radius 1 is 1.39 bits per heavy atom. The number of aromatic nitrogens is 2. The topological polar surface area (TPSA) is 29.9 Å². The minimum Gasteiger partial charge on any atom is -0.313 e. The summed E-state index contributed by atoms with van der Waals surface area (Å²) in [5, 5.41) is 7.78. The van der Waals surface area contributed by atoms with E-state index in [1.165, 1.54) is 11.1 Å². The molecular weight excluding hydrogens is 290 g/mol. The van der Waals surface area contributed by atoms with Crippen LogP contribution in [0.4, 0.5) is 0 Å². The molecule has 1 aromatic heterocycles. The Kier molecular flexibility index (Phi) is 4.19. The third kappa shape index (κ3) is 3.00. The minimum absolute atomic E-state index is 0.289. The van der Waals surface area contributed by atoms with Crippen molar-refractivity contribution in [2.45, 2.75) is 19.4 Å². The van der Waals surface area contributed by atoms with Gasteiger partial charge < -0.3 is 5.32 Å². The van der Waals surface area contributed by atoms with Gasteiger partial charge in [0.05, 0.1) is 5.69 Å². The van der Waals surface area contributed by atoms with Gasteiger partial charge in [-0.15, -0.1) is 0 Å². The van der Waals surface area contributed by atoms with Gasteiger partial charge in [-0.1, -0.05) is 28.1 Å². The first-order valence-corrected chi connectivity index (χ1v) is 6.81. The summed E-state index contributed by atoms with van der Waals surface area (Å²) in [6.07, 6.45) is 2.87. The van der Waals surface area contributed by atoms with E-state index in [-0.39, 0.29) is 6.04 Å². The van der Waals surface area contributed by atoms with Crippen LogP contribution in [0.25, 0.3) is 0 Å². The Labute approximate surface area is 116 Å². The number of rotatable bonds is 4. The van der Waals surface area contributed by atoms with E-state index in [0.29, 0.717) is 0 Å². The highest BCUT2D eigenvalue weighted by molar-refractivity contribution is 9.10. The van der Waals surface area contributed by atoms with E-state index in [1.807, 2.05) is 25.0 Å². The molecule has 0 saturated heterocycles. The zero-order chi connectivity index (χ0) is 13.1. The fourth-order valence-corrected chi connectivity index (χ4v) is 2.39. The molecule has 3 nitrogen and oxygen atoms in total. The van der Waals surface area contributed by atoms with Crippen LogP contribution in [0.5, 0.6) is 0 Å². The highest BCUT2D eigenvalue weighted by atomic mass is 79.9. The molecule has 0 saturated carbocycles. The Morgan fingerprint density at radius 3 is 2.72 bits per heavy atom. The molecule has 18 heavy (non-hydrogen) atoms. The van der Waals surface area contributed by atoms with E-state index in [0.717, 1.165) is 16.6 Å². The molecule has 2 aromatic rings. The first-order valence-electron chi connectivity index (χ1n) is 6.02. The number of likely N-dealkylation sites (N-methyl/N-ethyl adjacent to an activating group) is 1. The highest BCUT2D eigenvalue weighted by Gasteiger charge is 2.12. The summed E-state index contributed by atoms with van der Waals surface area (Å²) in [5.41, 5.74) is 3.64. The normalized spacial score (nSPS) is 12.7. The van der Waals surface area contributed by atoms with E-state index in [1.54, 1.807) is 0 Å². The minimum atomic E-state index is 0.289. The Balaban J connectivity index is 2.19. The average Bonchev–Trinajstić information content (AvgIpc) is 2.75. The zero-order valence-corrected chi connectivity index (χ0v) is 12.5. The Morgan fingerprint density at radius 2 is 2.17 bits per heavy atom. The van der Waals surface area contributed by atoms with Crippen LogP contribution < -0.4 is 5.32 Å². The van der Waals surface area contributed by atoms with Gasteiger partial charge in [0.2, 0.25) is 0 Å². The predicted molar refractivity (Wildman–Crippen MR) is 77.6 cm³/mol. The number of benzene rings is 1. The SMILES string of the molecule is CNC(Cc1ccn(C)n1)c1ccc(C)c(Br)c1. The molecule has 0 spiro atoms. The van der Waals surface area contributed by atoms with Crippen LogP contribution in [0.1, 0.15) is 22.9 Å². The summed E-state index contributed by atoms with van der Waals surface area (Å²) in [6, 6.07) is 8.84. The first kappa shape index (κ1) is 13.3. The van der Waals surface area contributed by atoms with Gasteiger partial charge in [0, 0.05) is 30.2 Å². The molecule has 0 aliphatic carbocycles. The monoisotopic (exact) mass is 307 g/mol. The number of aryl methyl sites for hydroxylation is 2. The lowest BCUT2D eigenvalue weighted by molar-refractivity contribution is 0.577. The largest absolute Gasteiger partial charge is 0.313 e. The van der Waals surface area contributed by atoms with Crippen molar-refractivity contribution in [1.29, 1.82) is 0 Å². The van der Waals surface area contributed by atoms with Crippen LogP contribution in [0.3, 0.4) is 0 Å². The number of hydrogen-bond donors (Lipinski definition) is 1. The smallest absolute Gasteiger partial charge is 0.0643 e. The lowest BCUT2D eigenvalue weighted by Gasteiger charge is -2.16. The van der Waals surface area contributed by atoms with Crippen LogP contribution >= 0.6 is 15.9 Å². The Hall–Kier alpha value is -1.13. The molecule has 0 bridgehead atoms. The van der Waals surface area contributed by atoms with Gasteiger partial charge in [-0.25, -0.2) is 0 Å². The van der Waals surface area contributed by atoms with Gasteiger partial charge >= 0.3 is 0 Å². The molecule has 4 heteroatoms. The lowest BCUT2D eigenvalue weighted by atomic mass is 10.0. The second-order valence-corrected chi connectivity index (χ2v) is 5.39. The molecule has 96 valence electrons. The number of halogens is 1. The summed E-state index contributed by atoms with van der Waals surface area (Å²) >= 11 is 3.59. The van der Waals surface area contributed by atoms with Crippen molar-refractivity contribution in [1.82, 2.24) is 15.1 Å². The highest BCUT2D eigenvalue weighted by Crippen LogP contribution is 2.23. The van der Waals surface area contributed by atoms with Crippen molar-refractivity contribution in [2.24, 2.45) is 7.05 Å². The lowest BCUT2D eigenvalue weighted by Crippen LogP contribution is -2.19. The van der Waals surface area contributed by atoms with Crippen LogP contribution in [0.2, 0.25) is 0 Å². The van der Waals surface area contributed by atoms with Gasteiger partial charge in [-0.05, 0) is 37.2 Å². The van der Waals surface area contributed by atoms with E-state index in [4.69, 9.17) is 0 Å². The summed E-state index contributed by atoms with van der Waals surface area (Å²) in [4.78, 5) is 0. The predicted octanol–water partition coefficient (Wildman–Crippen LogP) is 2.99. The summed E-state index contributed by atoms with van der Waals surface area (Å²) in [7, 11) is 3.93. The summed E-state index contributed by atoms with van der Waals surface area (Å²) < 4.78 is 2.99. The van der Waals surface area contributed by atoms with Crippen molar-refractivity contribution in [3.63, 3.8) is 0 Å². The first-order chi connectivity index (χ1) is 8.60. The van der Waals surface area contributed by atoms with Crippen LogP contribution in [-0.4, -0.2) is 16.8 Å². The van der Waals surface area contributed by atoms with E-state index < -0.39 is 0 Å². The number of nitrogens with one attached hydrogen (secondary N) is 1. The third-order valence-corrected chi connectivity index (χ3v) is 3.98. The van der Waals surface area contributed by atoms with Crippen molar-refractivity contribution >= 4 is 15.9 Å². The molecule has 1 atom stereocenters. The molecule has 0 amide bonds. The summed E-state index contributed by atoms with van der Waals surface area (Å²) in [5.74, 6) is 0. The molecular formula is C14H18BrN3. The summed E-state index contributed by atoms with van der Waals surface area (Å²) in [6.45, 7) is 2.10. The molecule has 0 aliphatic heterocycles. The second-order valence-electron chi connectivity index (χ2n) is 4.53. The molecule has 2 rings (SSSR count). The fourth-order valence-electron chi connectivity index (χ4n) is 1.99. The van der Waals surface area contributed by atoms with Gasteiger partial charge in [0.25, 0.3) is 0 Å². The van der Waals surface area contributed by atoms with Gasteiger partial charge in [-0.2, -0.15) is 5.10 Å². The molecule has 0 fully saturated rings. The second kappa shape index (κ2) is 5.67. The average molecular weight is 308 g/mol. The number of hydrogen-bond acceptors (Lipinski definition) is 2. The van der Waals surface area contributed by atoms with E-state index >= 15 is 0 Å². The van der Waals surface area contributed by atoms with E-state index in [2.05, 4.69) is 57.5 Å². The van der Waals surface area contributed by atoms with Crippen molar-refractivity contribution < 1.29 is 0 Å². The maximum atomic E-state index is 4.43. The quantitative estimate of drug-likeness (QED) is 0.941. The third-order valence-electron chi connectivity index (χ3n) is 3.13. The van der Waals surface area contributed by atoms with Crippen molar-refractivity contribution in [2.75, 3.05) is 7.05 Å². The fraction of sp³-hybridized carbons (Fsp3) is 0.357. The zero-order valence-electron chi connectivity index (χ0n) is 10.9. The van der Waals surface area contributed by atoms with Crippen molar-refractivity contribution in [3.05, 3.63) is 51.8 Å². The van der Waals surface area contributed by atoms with Crippen molar-refractivity contribution in [3.8, 4) is 0 Å². The number of nitrogens with zero attached hydrogens (tertiary/aromatic N) is 2. The van der Waals surface area contributed by atoms with Gasteiger partial charge in [0.1, 0.15) is 0 Å². The standard InChI is InChI=1S/C14H18BrN3/c1-10-4-5-11(8-13(10)15)14(16-2)9-12-6-7-18(3)17-12/h4-8,14,16H,9H2,1-3H3. The molecule has 1 unspecified atom stereocenters. The van der Waals surface area contributed by atoms with Crippen LogP contribution in [0.15, 0.2) is 34.9 Å². The van der Waals surface area contributed by atoms with Crippen LogP contribution in [0, 0.1) is 6.92 Å². The molecule has 1 N–H and O–H groups in total. The van der Waals surface area contributed by atoms with Crippen LogP contribution in [-0.2, 0) is 13.5 Å². The van der Waals surface area contributed by atoms with Gasteiger partial charge in [-0.3, -0.25) is 4.68 Å². The molecule has 0 radical (unpaired) electrons. The maximum Gasteiger partial charge on any atom is 0.0643 e. The van der Waals surface area contributed by atoms with Gasteiger partial charge in [0.15, 0.2) is 0 Å². The molecule has 1 aromatic carbocycles. The van der Waals surface area contributed by atoms with E-state index in [9.17, 15) is 0 Å². The molecule has 1 heterocycles. The molecule has 0 aliphatic rings. The maximum absolute atomic E-state index is 4.43.